The molecule has 0 aliphatic rings. The molecule has 0 spiro atoms. The maximum atomic E-state index is 12.3. The van der Waals surface area contributed by atoms with Gasteiger partial charge in [0.05, 0.1) is 32.5 Å². The number of amides is 1. The van der Waals surface area contributed by atoms with Crippen LogP contribution < -0.4 is 20.3 Å². The number of hydrogen-bond acceptors (Lipinski definition) is 6. The van der Waals surface area contributed by atoms with Crippen LogP contribution in [-0.2, 0) is 6.54 Å². The number of aromatic amines is 1. The van der Waals surface area contributed by atoms with Gasteiger partial charge in [0.2, 0.25) is 0 Å². The second-order valence-electron chi connectivity index (χ2n) is 4.95. The molecule has 1 amide bonds. The minimum atomic E-state index is -0.258. The van der Waals surface area contributed by atoms with E-state index in [-0.39, 0.29) is 11.5 Å². The van der Waals surface area contributed by atoms with Crippen molar-refractivity contribution in [1.29, 1.82) is 0 Å². The lowest BCUT2D eigenvalue weighted by Crippen LogP contribution is -2.22. The van der Waals surface area contributed by atoms with Gasteiger partial charge in [0.15, 0.2) is 0 Å². The summed E-state index contributed by atoms with van der Waals surface area (Å²) in [5.74, 6) is 0.820. The van der Waals surface area contributed by atoms with Gasteiger partial charge in [-0.05, 0) is 18.2 Å². The molecule has 2 aromatic heterocycles. The zero-order valence-corrected chi connectivity index (χ0v) is 13.9. The monoisotopic (exact) mass is 345 g/mol. The molecule has 7 nitrogen and oxygen atoms in total. The Morgan fingerprint density at radius 2 is 1.92 bits per heavy atom. The topological polar surface area (TPSA) is 93.3 Å². The fourth-order valence-electron chi connectivity index (χ4n) is 2.21. The van der Waals surface area contributed by atoms with Crippen LogP contribution in [0.5, 0.6) is 11.5 Å². The van der Waals surface area contributed by atoms with Crippen LogP contribution in [0, 0.1) is 0 Å². The van der Waals surface area contributed by atoms with Crippen molar-refractivity contribution >= 4 is 27.5 Å². The Balaban J connectivity index is 1.77. The molecule has 0 bridgehead atoms. The van der Waals surface area contributed by atoms with Crippen LogP contribution in [0.15, 0.2) is 35.4 Å². The summed E-state index contributed by atoms with van der Waals surface area (Å²) in [4.78, 5) is 32.2. The number of ether oxygens (including phenoxy) is 2. The molecular weight excluding hydrogens is 330 g/mol. The van der Waals surface area contributed by atoms with E-state index in [2.05, 4.69) is 15.3 Å². The smallest absolute Gasteiger partial charge is 0.259 e. The van der Waals surface area contributed by atoms with Crippen molar-refractivity contribution in [2.24, 2.45) is 0 Å². The van der Waals surface area contributed by atoms with Crippen LogP contribution in [0.25, 0.3) is 10.2 Å². The van der Waals surface area contributed by atoms with E-state index in [4.69, 9.17) is 9.47 Å². The quantitative estimate of drug-likeness (QED) is 0.737. The number of carbonyl (C=O) groups is 1. The molecule has 0 atom stereocenters. The third kappa shape index (κ3) is 3.23. The molecule has 124 valence electrons. The van der Waals surface area contributed by atoms with Crippen LogP contribution in [0.3, 0.4) is 0 Å². The van der Waals surface area contributed by atoms with Crippen molar-refractivity contribution in [2.75, 3.05) is 14.2 Å². The standard InChI is InChI=1S/C16H15N3O4S/c1-22-10-3-9(4-11(5-10)23-2)14(20)17-7-12-6-13-15(21)18-8-19-16(13)24-12/h3-6,8H,7H2,1-2H3,(H,17,20)(H,18,19,21). The number of thiophene rings is 1. The van der Waals surface area contributed by atoms with Gasteiger partial charge < -0.3 is 19.8 Å². The number of nitrogens with one attached hydrogen (secondary N) is 2. The second kappa shape index (κ2) is 6.71. The predicted molar refractivity (Wildman–Crippen MR) is 91.0 cm³/mol. The molecule has 0 unspecified atom stereocenters. The zero-order valence-electron chi connectivity index (χ0n) is 13.1. The highest BCUT2D eigenvalue weighted by Gasteiger charge is 2.11. The number of nitrogens with zero attached hydrogens (tertiary/aromatic N) is 1. The molecule has 3 rings (SSSR count). The average Bonchev–Trinajstić information content (AvgIpc) is 3.03. The van der Waals surface area contributed by atoms with Gasteiger partial charge >= 0.3 is 0 Å². The van der Waals surface area contributed by atoms with E-state index >= 15 is 0 Å². The average molecular weight is 345 g/mol. The van der Waals surface area contributed by atoms with Gasteiger partial charge in [-0.15, -0.1) is 11.3 Å². The number of benzene rings is 1. The van der Waals surface area contributed by atoms with Crippen molar-refractivity contribution in [3.63, 3.8) is 0 Å². The summed E-state index contributed by atoms with van der Waals surface area (Å²) in [7, 11) is 3.05. The maximum absolute atomic E-state index is 12.3. The summed E-state index contributed by atoms with van der Waals surface area (Å²) in [5.41, 5.74) is 0.245. The molecule has 0 saturated carbocycles. The molecule has 0 saturated heterocycles. The molecule has 1 aromatic carbocycles. The number of aromatic nitrogens is 2. The Morgan fingerprint density at radius 1 is 1.21 bits per heavy atom. The normalized spacial score (nSPS) is 10.6. The summed E-state index contributed by atoms with van der Waals surface area (Å²) in [6.07, 6.45) is 1.37. The Hall–Kier alpha value is -2.87. The number of methoxy groups -OCH3 is 2. The Morgan fingerprint density at radius 3 is 2.54 bits per heavy atom. The zero-order chi connectivity index (χ0) is 17.1. The first-order chi connectivity index (χ1) is 11.6. The minimum Gasteiger partial charge on any atom is -0.497 e. The van der Waals surface area contributed by atoms with E-state index in [1.54, 1.807) is 24.3 Å². The van der Waals surface area contributed by atoms with E-state index in [1.807, 2.05) is 0 Å². The Bertz CT molecular complexity index is 926. The van der Waals surface area contributed by atoms with E-state index < -0.39 is 0 Å². The highest BCUT2D eigenvalue weighted by atomic mass is 32.1. The van der Waals surface area contributed by atoms with E-state index in [0.29, 0.717) is 33.8 Å². The first kappa shape index (κ1) is 16.0. The lowest BCUT2D eigenvalue weighted by molar-refractivity contribution is 0.0950. The van der Waals surface area contributed by atoms with E-state index in [9.17, 15) is 9.59 Å². The third-order valence-electron chi connectivity index (χ3n) is 3.42. The summed E-state index contributed by atoms with van der Waals surface area (Å²) in [6.45, 7) is 0.304. The SMILES string of the molecule is COc1cc(OC)cc(C(=O)NCc2cc3c(=O)[nH]cnc3s2)c1. The summed E-state index contributed by atoms with van der Waals surface area (Å²) in [5, 5.41) is 3.34. The first-order valence-electron chi connectivity index (χ1n) is 7.08. The number of rotatable bonds is 5. The number of H-pyrrole nitrogens is 1. The Kier molecular flexibility index (Phi) is 4.48. The lowest BCUT2D eigenvalue weighted by Gasteiger charge is -2.08. The lowest BCUT2D eigenvalue weighted by atomic mass is 10.2. The summed E-state index contributed by atoms with van der Waals surface area (Å²) < 4.78 is 10.3. The number of fused-ring (bicyclic) bond motifs is 1. The number of hydrogen-bond donors (Lipinski definition) is 2. The molecule has 0 radical (unpaired) electrons. The van der Waals surface area contributed by atoms with Gasteiger partial charge in [0, 0.05) is 16.5 Å². The molecule has 0 aliphatic carbocycles. The fraction of sp³-hybridized carbons (Fsp3) is 0.188. The number of carbonyl (C=O) groups excluding carboxylic acids is 1. The van der Waals surface area contributed by atoms with Crippen LogP contribution in [0.1, 0.15) is 15.2 Å². The van der Waals surface area contributed by atoms with Crippen molar-refractivity contribution in [3.05, 3.63) is 51.4 Å². The van der Waals surface area contributed by atoms with Crippen LogP contribution in [0.2, 0.25) is 0 Å². The fourth-order valence-corrected chi connectivity index (χ4v) is 3.15. The minimum absolute atomic E-state index is 0.189. The van der Waals surface area contributed by atoms with E-state index in [0.717, 1.165) is 4.88 Å². The van der Waals surface area contributed by atoms with Crippen molar-refractivity contribution in [1.82, 2.24) is 15.3 Å². The van der Waals surface area contributed by atoms with E-state index in [1.165, 1.54) is 31.9 Å². The van der Waals surface area contributed by atoms with Crippen LogP contribution in [-0.4, -0.2) is 30.1 Å². The molecule has 2 heterocycles. The molecule has 0 aliphatic heterocycles. The maximum Gasteiger partial charge on any atom is 0.259 e. The van der Waals surface area contributed by atoms with Gasteiger partial charge in [-0.1, -0.05) is 0 Å². The van der Waals surface area contributed by atoms with Gasteiger partial charge in [0.25, 0.3) is 11.5 Å². The molecule has 0 fully saturated rings. The highest BCUT2D eigenvalue weighted by molar-refractivity contribution is 7.18. The summed E-state index contributed by atoms with van der Waals surface area (Å²) >= 11 is 1.37. The van der Waals surface area contributed by atoms with Crippen molar-refractivity contribution in [2.45, 2.75) is 6.54 Å². The molecule has 24 heavy (non-hydrogen) atoms. The van der Waals surface area contributed by atoms with Gasteiger partial charge in [0.1, 0.15) is 16.3 Å². The molecule has 3 aromatic rings. The van der Waals surface area contributed by atoms with Gasteiger partial charge in [-0.3, -0.25) is 9.59 Å². The molecule has 2 N–H and O–H groups in total. The summed E-state index contributed by atoms with van der Waals surface area (Å²) in [6, 6.07) is 6.70. The van der Waals surface area contributed by atoms with Gasteiger partial charge in [-0.25, -0.2) is 4.98 Å². The predicted octanol–water partition coefficient (Wildman–Crippen LogP) is 1.93. The highest BCUT2D eigenvalue weighted by Crippen LogP contribution is 2.23. The largest absolute Gasteiger partial charge is 0.497 e. The molecule has 8 heteroatoms. The Labute approximate surface area is 141 Å². The first-order valence-corrected chi connectivity index (χ1v) is 7.89. The third-order valence-corrected chi connectivity index (χ3v) is 4.47. The second-order valence-corrected chi connectivity index (χ2v) is 6.06. The van der Waals surface area contributed by atoms with Crippen molar-refractivity contribution in [3.8, 4) is 11.5 Å². The van der Waals surface area contributed by atoms with Crippen LogP contribution >= 0.6 is 11.3 Å². The van der Waals surface area contributed by atoms with Gasteiger partial charge in [-0.2, -0.15) is 0 Å². The van der Waals surface area contributed by atoms with Crippen LogP contribution in [0.4, 0.5) is 0 Å². The van der Waals surface area contributed by atoms with Crippen molar-refractivity contribution < 1.29 is 14.3 Å². The molecular formula is C16H15N3O4S.